The Balaban J connectivity index is 3.72. The number of nitrogens with one attached hydrogen (secondary N) is 1. The van der Waals surface area contributed by atoms with Crippen molar-refractivity contribution in [1.82, 2.24) is 5.32 Å². The molecule has 0 aromatic rings. The standard InChI is InChI=1S/C10H21NOS/c1-8(2)11-7-10(4,5)13-6-9(3)12/h8,11H,6-7H2,1-5H3. The molecule has 0 saturated carbocycles. The molecule has 78 valence electrons. The van der Waals surface area contributed by atoms with Gasteiger partial charge < -0.3 is 5.32 Å². The second-order valence-electron chi connectivity index (χ2n) is 4.29. The van der Waals surface area contributed by atoms with Crippen molar-refractivity contribution in [2.75, 3.05) is 12.3 Å². The Labute approximate surface area is 85.9 Å². The van der Waals surface area contributed by atoms with Crippen LogP contribution < -0.4 is 5.32 Å². The number of ketones is 1. The summed E-state index contributed by atoms with van der Waals surface area (Å²) in [6.07, 6.45) is 0. The van der Waals surface area contributed by atoms with Crippen LogP contribution in [-0.4, -0.2) is 28.9 Å². The van der Waals surface area contributed by atoms with Gasteiger partial charge in [-0.05, 0) is 20.8 Å². The van der Waals surface area contributed by atoms with E-state index in [9.17, 15) is 4.79 Å². The molecule has 0 atom stereocenters. The molecule has 1 N–H and O–H groups in total. The average Bonchev–Trinajstić information content (AvgIpc) is 1.98. The number of hydrogen-bond acceptors (Lipinski definition) is 3. The SMILES string of the molecule is CC(=O)CSC(C)(C)CNC(C)C. The molecule has 2 nitrogen and oxygen atoms in total. The van der Waals surface area contributed by atoms with E-state index in [2.05, 4.69) is 33.0 Å². The summed E-state index contributed by atoms with van der Waals surface area (Å²) in [7, 11) is 0. The fraction of sp³-hybridized carbons (Fsp3) is 0.900. The zero-order chi connectivity index (χ0) is 10.5. The molecule has 0 aromatic carbocycles. The second-order valence-corrected chi connectivity index (χ2v) is 5.97. The fourth-order valence-electron chi connectivity index (χ4n) is 0.798. The Hall–Kier alpha value is -0.0200. The van der Waals surface area contributed by atoms with E-state index in [-0.39, 0.29) is 10.5 Å². The van der Waals surface area contributed by atoms with E-state index in [0.29, 0.717) is 11.8 Å². The first-order chi connectivity index (χ1) is 5.83. The molecule has 0 bridgehead atoms. The molecule has 0 unspecified atom stereocenters. The lowest BCUT2D eigenvalue weighted by molar-refractivity contribution is -0.114. The van der Waals surface area contributed by atoms with Gasteiger partial charge in [0, 0.05) is 17.3 Å². The first kappa shape index (κ1) is 13.0. The van der Waals surface area contributed by atoms with Crippen LogP contribution in [0.4, 0.5) is 0 Å². The maximum atomic E-state index is 10.8. The predicted octanol–water partition coefficient (Wildman–Crippen LogP) is 2.09. The predicted molar refractivity (Wildman–Crippen MR) is 60.4 cm³/mol. The molecule has 0 aliphatic rings. The molecule has 0 amide bonds. The molecule has 0 aromatic heterocycles. The number of carbonyl (C=O) groups excluding carboxylic acids is 1. The van der Waals surface area contributed by atoms with Crippen LogP contribution in [0.5, 0.6) is 0 Å². The summed E-state index contributed by atoms with van der Waals surface area (Å²) in [4.78, 5) is 10.8. The molecule has 0 aliphatic carbocycles. The highest BCUT2D eigenvalue weighted by atomic mass is 32.2. The molecule has 13 heavy (non-hydrogen) atoms. The summed E-state index contributed by atoms with van der Waals surface area (Å²) in [5.74, 6) is 0.870. The summed E-state index contributed by atoms with van der Waals surface area (Å²) in [5.41, 5.74) is 0. The van der Waals surface area contributed by atoms with Crippen molar-refractivity contribution in [3.8, 4) is 0 Å². The highest BCUT2D eigenvalue weighted by molar-refractivity contribution is 8.01. The number of rotatable bonds is 6. The van der Waals surface area contributed by atoms with Crippen LogP contribution in [0.3, 0.4) is 0 Å². The third-order valence-corrected chi connectivity index (χ3v) is 3.08. The lowest BCUT2D eigenvalue weighted by Gasteiger charge is -2.25. The van der Waals surface area contributed by atoms with Crippen molar-refractivity contribution in [1.29, 1.82) is 0 Å². The van der Waals surface area contributed by atoms with Crippen LogP contribution in [0.1, 0.15) is 34.6 Å². The summed E-state index contributed by atoms with van der Waals surface area (Å²) in [6, 6.07) is 0.511. The summed E-state index contributed by atoms with van der Waals surface area (Å²) in [6.45, 7) is 11.2. The van der Waals surface area contributed by atoms with Gasteiger partial charge in [0.25, 0.3) is 0 Å². The van der Waals surface area contributed by atoms with Gasteiger partial charge in [-0.2, -0.15) is 0 Å². The van der Waals surface area contributed by atoms with E-state index in [4.69, 9.17) is 0 Å². The molecule has 0 saturated heterocycles. The van der Waals surface area contributed by atoms with Crippen LogP contribution in [0.25, 0.3) is 0 Å². The monoisotopic (exact) mass is 203 g/mol. The minimum atomic E-state index is 0.149. The third kappa shape index (κ3) is 8.31. The van der Waals surface area contributed by atoms with Crippen molar-refractivity contribution in [3.05, 3.63) is 0 Å². The van der Waals surface area contributed by atoms with E-state index in [0.717, 1.165) is 6.54 Å². The van der Waals surface area contributed by atoms with Crippen molar-refractivity contribution >= 4 is 17.5 Å². The van der Waals surface area contributed by atoms with Crippen molar-refractivity contribution < 1.29 is 4.79 Å². The minimum Gasteiger partial charge on any atom is -0.313 e. The lowest BCUT2D eigenvalue weighted by atomic mass is 10.2. The smallest absolute Gasteiger partial charge is 0.139 e. The molecule has 0 radical (unpaired) electrons. The summed E-state index contributed by atoms with van der Waals surface area (Å²) < 4.78 is 0.149. The van der Waals surface area contributed by atoms with E-state index in [1.807, 2.05) is 0 Å². The molecular formula is C10H21NOS. The van der Waals surface area contributed by atoms with E-state index in [1.165, 1.54) is 0 Å². The van der Waals surface area contributed by atoms with Crippen LogP contribution in [0.2, 0.25) is 0 Å². The highest BCUT2D eigenvalue weighted by Gasteiger charge is 2.18. The fourth-order valence-corrected chi connectivity index (χ4v) is 1.58. The van der Waals surface area contributed by atoms with Gasteiger partial charge in [-0.1, -0.05) is 13.8 Å². The molecule has 0 heterocycles. The Morgan fingerprint density at radius 2 is 2.00 bits per heavy atom. The maximum absolute atomic E-state index is 10.8. The minimum absolute atomic E-state index is 0.149. The second kappa shape index (κ2) is 5.66. The van der Waals surface area contributed by atoms with Gasteiger partial charge in [0.05, 0.1) is 5.75 Å². The summed E-state index contributed by atoms with van der Waals surface area (Å²) >= 11 is 1.72. The van der Waals surface area contributed by atoms with Gasteiger partial charge in [-0.25, -0.2) is 0 Å². The molecule has 3 heteroatoms. The number of Topliss-reactive ketones (excluding diaryl/α,β-unsaturated/α-hetero) is 1. The Morgan fingerprint density at radius 3 is 2.38 bits per heavy atom. The van der Waals surface area contributed by atoms with E-state index < -0.39 is 0 Å². The zero-order valence-electron chi connectivity index (χ0n) is 9.31. The number of hydrogen-bond donors (Lipinski definition) is 1. The van der Waals surface area contributed by atoms with Crippen LogP contribution in [0.15, 0.2) is 0 Å². The zero-order valence-corrected chi connectivity index (χ0v) is 10.1. The molecule has 0 aliphatic heterocycles. The van der Waals surface area contributed by atoms with Gasteiger partial charge >= 0.3 is 0 Å². The third-order valence-electron chi connectivity index (χ3n) is 1.60. The van der Waals surface area contributed by atoms with Crippen molar-refractivity contribution in [2.24, 2.45) is 0 Å². The van der Waals surface area contributed by atoms with Gasteiger partial charge in [-0.15, -0.1) is 11.8 Å². The Morgan fingerprint density at radius 1 is 1.46 bits per heavy atom. The van der Waals surface area contributed by atoms with E-state index in [1.54, 1.807) is 18.7 Å². The van der Waals surface area contributed by atoms with Crippen LogP contribution in [-0.2, 0) is 4.79 Å². The first-order valence-electron chi connectivity index (χ1n) is 4.70. The summed E-state index contributed by atoms with van der Waals surface area (Å²) in [5, 5.41) is 3.38. The molecular weight excluding hydrogens is 182 g/mol. The maximum Gasteiger partial charge on any atom is 0.139 e. The van der Waals surface area contributed by atoms with E-state index >= 15 is 0 Å². The largest absolute Gasteiger partial charge is 0.313 e. The quantitative estimate of drug-likeness (QED) is 0.716. The lowest BCUT2D eigenvalue weighted by Crippen LogP contribution is -2.36. The highest BCUT2D eigenvalue weighted by Crippen LogP contribution is 2.23. The topological polar surface area (TPSA) is 29.1 Å². The van der Waals surface area contributed by atoms with Gasteiger partial charge in [0.2, 0.25) is 0 Å². The average molecular weight is 203 g/mol. The number of carbonyl (C=O) groups is 1. The Bertz CT molecular complexity index is 166. The molecule has 0 fully saturated rings. The first-order valence-corrected chi connectivity index (χ1v) is 5.69. The van der Waals surface area contributed by atoms with Gasteiger partial charge in [0.1, 0.15) is 5.78 Å². The Kier molecular flexibility index (Phi) is 5.65. The van der Waals surface area contributed by atoms with Crippen molar-refractivity contribution in [3.63, 3.8) is 0 Å². The van der Waals surface area contributed by atoms with Crippen LogP contribution in [0, 0.1) is 0 Å². The molecule has 0 spiro atoms. The van der Waals surface area contributed by atoms with Crippen molar-refractivity contribution in [2.45, 2.75) is 45.4 Å². The molecule has 0 rings (SSSR count). The van der Waals surface area contributed by atoms with Crippen LogP contribution >= 0.6 is 11.8 Å². The van der Waals surface area contributed by atoms with Gasteiger partial charge in [-0.3, -0.25) is 4.79 Å². The normalized spacial score (nSPS) is 12.2. The van der Waals surface area contributed by atoms with Gasteiger partial charge in [0.15, 0.2) is 0 Å². The number of thioether (sulfide) groups is 1.